The van der Waals surface area contributed by atoms with E-state index in [-0.39, 0.29) is 0 Å². The summed E-state index contributed by atoms with van der Waals surface area (Å²) in [6.07, 6.45) is 5.40. The van der Waals surface area contributed by atoms with Crippen molar-refractivity contribution in [1.29, 1.82) is 0 Å². The molecule has 2 aromatic rings. The van der Waals surface area contributed by atoms with Gasteiger partial charge >= 0.3 is 0 Å². The number of aromatic nitrogens is 2. The van der Waals surface area contributed by atoms with Crippen LogP contribution in [0.1, 0.15) is 11.1 Å². The minimum atomic E-state index is 0.715. The van der Waals surface area contributed by atoms with Gasteiger partial charge in [0.1, 0.15) is 0 Å². The van der Waals surface area contributed by atoms with Gasteiger partial charge in [-0.15, -0.1) is 0 Å². The molecule has 0 aliphatic heterocycles. The highest BCUT2D eigenvalue weighted by Crippen LogP contribution is 2.20. The molecule has 0 saturated carbocycles. The summed E-state index contributed by atoms with van der Waals surface area (Å²) in [5.74, 6) is 0. The van der Waals surface area contributed by atoms with Gasteiger partial charge < -0.3 is 0 Å². The molecule has 2 rings (SSSR count). The fraction of sp³-hybridized carbons (Fsp3) is 0. The monoisotopic (exact) mass is 204 g/mol. The number of hydrogen-bond donors (Lipinski definition) is 1. The average molecular weight is 205 g/mol. The Kier molecular flexibility index (Phi) is 2.65. The molecule has 0 unspecified atom stereocenters. The Hall–Kier alpha value is -1.54. The van der Waals surface area contributed by atoms with Gasteiger partial charge in [-0.2, -0.15) is 5.10 Å². The number of halogens is 1. The molecule has 0 amide bonds. The number of H-pyrrole nitrogens is 1. The van der Waals surface area contributed by atoms with Crippen LogP contribution in [0.4, 0.5) is 0 Å². The lowest BCUT2D eigenvalue weighted by molar-refractivity contribution is 1.09. The Balaban J connectivity index is 2.29. The summed E-state index contributed by atoms with van der Waals surface area (Å²) in [7, 11) is 0. The lowest BCUT2D eigenvalue weighted by atomic mass is 10.2. The van der Waals surface area contributed by atoms with Gasteiger partial charge in [-0.3, -0.25) is 5.10 Å². The maximum atomic E-state index is 6.12. The Morgan fingerprint density at radius 1 is 1.29 bits per heavy atom. The molecule has 0 saturated heterocycles. The van der Waals surface area contributed by atoms with Crippen LogP contribution in [0.3, 0.4) is 0 Å². The average Bonchev–Trinajstić information content (AvgIpc) is 2.72. The van der Waals surface area contributed by atoms with Gasteiger partial charge in [0, 0.05) is 16.8 Å². The molecule has 0 bridgehead atoms. The van der Waals surface area contributed by atoms with Gasteiger partial charge in [-0.05, 0) is 11.6 Å². The van der Waals surface area contributed by atoms with Crippen molar-refractivity contribution in [3.05, 3.63) is 53.9 Å². The van der Waals surface area contributed by atoms with Crippen LogP contribution < -0.4 is 0 Å². The molecule has 0 spiro atoms. The molecule has 1 N–H and O–H groups in total. The molecule has 70 valence electrons. The van der Waals surface area contributed by atoms with Crippen LogP contribution in [-0.2, 0) is 0 Å². The second kappa shape index (κ2) is 4.11. The van der Waals surface area contributed by atoms with Gasteiger partial charge in [0.15, 0.2) is 0 Å². The topological polar surface area (TPSA) is 28.7 Å². The van der Waals surface area contributed by atoms with Crippen molar-refractivity contribution in [3.8, 4) is 0 Å². The maximum absolute atomic E-state index is 6.12. The molecule has 0 aliphatic rings. The minimum absolute atomic E-state index is 0.715. The van der Waals surface area contributed by atoms with Gasteiger partial charge in [-0.1, -0.05) is 41.9 Å². The Labute approximate surface area is 87.2 Å². The minimum Gasteiger partial charge on any atom is -0.285 e. The fourth-order valence-electron chi connectivity index (χ4n) is 1.17. The highest BCUT2D eigenvalue weighted by Gasteiger charge is 1.97. The summed E-state index contributed by atoms with van der Waals surface area (Å²) in [6.45, 7) is 0. The van der Waals surface area contributed by atoms with Crippen molar-refractivity contribution in [2.24, 2.45) is 0 Å². The predicted molar refractivity (Wildman–Crippen MR) is 58.8 cm³/mol. The lowest BCUT2D eigenvalue weighted by Gasteiger charge is -1.96. The molecule has 2 nitrogen and oxygen atoms in total. The third-order valence-corrected chi connectivity index (χ3v) is 2.19. The van der Waals surface area contributed by atoms with Crippen LogP contribution in [0.5, 0.6) is 0 Å². The lowest BCUT2D eigenvalue weighted by Crippen LogP contribution is -1.74. The largest absolute Gasteiger partial charge is 0.285 e. The molecule has 1 aromatic carbocycles. The number of benzene rings is 1. The van der Waals surface area contributed by atoms with Crippen molar-refractivity contribution < 1.29 is 0 Å². The van der Waals surface area contributed by atoms with E-state index in [0.29, 0.717) is 5.03 Å². The van der Waals surface area contributed by atoms with Gasteiger partial charge in [0.2, 0.25) is 0 Å². The van der Waals surface area contributed by atoms with E-state index in [1.54, 1.807) is 12.4 Å². The SMILES string of the molecule is Cl/C(=C/c1cn[nH]c1)c1ccccc1. The van der Waals surface area contributed by atoms with E-state index in [1.165, 1.54) is 0 Å². The second-order valence-corrected chi connectivity index (χ2v) is 3.30. The molecule has 1 heterocycles. The Morgan fingerprint density at radius 3 is 2.71 bits per heavy atom. The van der Waals surface area contributed by atoms with Crippen molar-refractivity contribution >= 4 is 22.7 Å². The van der Waals surface area contributed by atoms with E-state index in [4.69, 9.17) is 11.6 Å². The quantitative estimate of drug-likeness (QED) is 0.800. The standard InChI is InChI=1S/C11H9ClN2/c12-11(6-9-7-13-14-8-9)10-4-2-1-3-5-10/h1-8H,(H,13,14)/b11-6+. The van der Waals surface area contributed by atoms with Crippen molar-refractivity contribution in [1.82, 2.24) is 10.2 Å². The number of nitrogens with one attached hydrogen (secondary N) is 1. The van der Waals surface area contributed by atoms with Crippen molar-refractivity contribution in [2.75, 3.05) is 0 Å². The molecule has 1 aromatic heterocycles. The molecule has 14 heavy (non-hydrogen) atoms. The van der Waals surface area contributed by atoms with Crippen LogP contribution in [0.25, 0.3) is 11.1 Å². The summed E-state index contributed by atoms with van der Waals surface area (Å²) >= 11 is 6.12. The number of rotatable bonds is 2. The summed E-state index contributed by atoms with van der Waals surface area (Å²) in [6, 6.07) is 9.82. The van der Waals surface area contributed by atoms with Crippen molar-refractivity contribution in [3.63, 3.8) is 0 Å². The Morgan fingerprint density at radius 2 is 2.07 bits per heavy atom. The zero-order chi connectivity index (χ0) is 9.80. The molecular formula is C11H9ClN2. The molecular weight excluding hydrogens is 196 g/mol. The van der Waals surface area contributed by atoms with E-state index in [1.807, 2.05) is 36.4 Å². The fourth-order valence-corrected chi connectivity index (χ4v) is 1.42. The molecule has 3 heteroatoms. The molecule has 0 radical (unpaired) electrons. The van der Waals surface area contributed by atoms with E-state index in [9.17, 15) is 0 Å². The Bertz CT molecular complexity index is 418. The highest BCUT2D eigenvalue weighted by atomic mass is 35.5. The van der Waals surface area contributed by atoms with Crippen LogP contribution >= 0.6 is 11.6 Å². The number of aromatic amines is 1. The number of nitrogens with zero attached hydrogens (tertiary/aromatic N) is 1. The first-order valence-electron chi connectivity index (χ1n) is 4.27. The summed E-state index contributed by atoms with van der Waals surface area (Å²) < 4.78 is 0. The number of hydrogen-bond acceptors (Lipinski definition) is 1. The maximum Gasteiger partial charge on any atom is 0.0560 e. The zero-order valence-electron chi connectivity index (χ0n) is 7.44. The van der Waals surface area contributed by atoms with E-state index in [2.05, 4.69) is 10.2 Å². The third kappa shape index (κ3) is 2.03. The van der Waals surface area contributed by atoms with Crippen LogP contribution in [0, 0.1) is 0 Å². The van der Waals surface area contributed by atoms with Crippen LogP contribution in [0.15, 0.2) is 42.7 Å². The van der Waals surface area contributed by atoms with Gasteiger partial charge in [-0.25, -0.2) is 0 Å². The second-order valence-electron chi connectivity index (χ2n) is 2.89. The third-order valence-electron chi connectivity index (χ3n) is 1.86. The smallest absolute Gasteiger partial charge is 0.0560 e. The van der Waals surface area contributed by atoms with Crippen molar-refractivity contribution in [2.45, 2.75) is 0 Å². The zero-order valence-corrected chi connectivity index (χ0v) is 8.20. The summed E-state index contributed by atoms with van der Waals surface area (Å²) in [4.78, 5) is 0. The first kappa shape index (κ1) is 9.03. The van der Waals surface area contributed by atoms with Gasteiger partial charge in [0.05, 0.1) is 6.20 Å². The van der Waals surface area contributed by atoms with Crippen LogP contribution in [0.2, 0.25) is 0 Å². The molecule has 0 fully saturated rings. The van der Waals surface area contributed by atoms with E-state index in [0.717, 1.165) is 11.1 Å². The first-order valence-corrected chi connectivity index (χ1v) is 4.65. The van der Waals surface area contributed by atoms with E-state index >= 15 is 0 Å². The summed E-state index contributed by atoms with van der Waals surface area (Å²) in [5, 5.41) is 7.29. The highest BCUT2D eigenvalue weighted by molar-refractivity contribution is 6.51. The molecule has 0 aliphatic carbocycles. The van der Waals surface area contributed by atoms with Gasteiger partial charge in [0.25, 0.3) is 0 Å². The predicted octanol–water partition coefficient (Wildman–Crippen LogP) is 3.15. The molecule has 0 atom stereocenters. The summed E-state index contributed by atoms with van der Waals surface area (Å²) in [5.41, 5.74) is 1.98. The van der Waals surface area contributed by atoms with E-state index < -0.39 is 0 Å². The normalized spacial score (nSPS) is 11.6. The first-order chi connectivity index (χ1) is 6.86. The van der Waals surface area contributed by atoms with Crippen LogP contribution in [-0.4, -0.2) is 10.2 Å².